The monoisotopic (exact) mass is 311 g/mol. The summed E-state index contributed by atoms with van der Waals surface area (Å²) >= 11 is 5.86. The number of aryl methyl sites for hydroxylation is 1. The molecule has 0 aliphatic carbocycles. The summed E-state index contributed by atoms with van der Waals surface area (Å²) in [5.41, 5.74) is 2.43. The summed E-state index contributed by atoms with van der Waals surface area (Å²) in [6.07, 6.45) is 6.60. The number of benzene rings is 1. The van der Waals surface area contributed by atoms with E-state index in [2.05, 4.69) is 15.3 Å². The molecule has 0 saturated carbocycles. The normalized spacial score (nSPS) is 15.8. The fourth-order valence-corrected chi connectivity index (χ4v) is 2.29. The first kappa shape index (κ1) is 14.5. The number of amidine groups is 1. The van der Waals surface area contributed by atoms with Crippen LogP contribution in [0.1, 0.15) is 17.5 Å². The van der Waals surface area contributed by atoms with Gasteiger partial charge in [-0.05, 0) is 41.8 Å². The van der Waals surface area contributed by atoms with Crippen LogP contribution in [-0.2, 0) is 11.2 Å². The zero-order valence-corrected chi connectivity index (χ0v) is 12.5. The lowest BCUT2D eigenvalue weighted by Crippen LogP contribution is -2.24. The van der Waals surface area contributed by atoms with Crippen LogP contribution in [0.25, 0.3) is 6.08 Å². The second-order valence-electron chi connectivity index (χ2n) is 4.96. The molecular formula is C17H14ClN3O. The van der Waals surface area contributed by atoms with Crippen molar-refractivity contribution in [2.24, 2.45) is 4.99 Å². The molecule has 0 bridgehead atoms. The molecule has 1 aliphatic rings. The molecule has 1 aliphatic heterocycles. The quantitative estimate of drug-likeness (QED) is 0.881. The Morgan fingerprint density at radius 1 is 1.14 bits per heavy atom. The number of nitrogens with zero attached hydrogens (tertiary/aromatic N) is 2. The summed E-state index contributed by atoms with van der Waals surface area (Å²) in [4.78, 5) is 20.3. The van der Waals surface area contributed by atoms with Gasteiger partial charge in [0.15, 0.2) is 0 Å². The number of carbonyl (C=O) groups is 1. The Bertz CT molecular complexity index is 736. The highest BCUT2D eigenvalue weighted by atomic mass is 35.5. The number of aromatic nitrogens is 1. The highest BCUT2D eigenvalue weighted by Gasteiger charge is 2.19. The summed E-state index contributed by atoms with van der Waals surface area (Å²) in [7, 11) is 0. The highest BCUT2D eigenvalue weighted by molar-refractivity contribution is 6.30. The van der Waals surface area contributed by atoms with Crippen molar-refractivity contribution in [2.75, 3.05) is 0 Å². The summed E-state index contributed by atoms with van der Waals surface area (Å²) < 4.78 is 0. The number of carbonyl (C=O) groups excluding carboxylic acids is 1. The predicted octanol–water partition coefficient (Wildman–Crippen LogP) is 3.24. The Hall–Kier alpha value is -2.46. The Kier molecular flexibility index (Phi) is 4.30. The van der Waals surface area contributed by atoms with Crippen molar-refractivity contribution >= 4 is 29.4 Å². The molecule has 0 unspecified atom stereocenters. The zero-order chi connectivity index (χ0) is 15.4. The van der Waals surface area contributed by atoms with Gasteiger partial charge < -0.3 is 5.32 Å². The van der Waals surface area contributed by atoms with Crippen LogP contribution >= 0.6 is 11.6 Å². The molecule has 1 amide bonds. The molecule has 1 aromatic heterocycles. The van der Waals surface area contributed by atoms with Crippen LogP contribution in [0.3, 0.4) is 0 Å². The van der Waals surface area contributed by atoms with Gasteiger partial charge in [0.05, 0.1) is 0 Å². The Labute approximate surface area is 133 Å². The smallest absolute Gasteiger partial charge is 0.275 e. The van der Waals surface area contributed by atoms with Gasteiger partial charge in [0.1, 0.15) is 11.5 Å². The van der Waals surface area contributed by atoms with E-state index in [9.17, 15) is 4.79 Å². The standard InChI is InChI=1S/C17H14ClN3O/c18-14-6-3-12(4-7-14)5-8-16-20-15(17(22)21-16)10-13-2-1-9-19-11-13/h1-4,6-7,9-11H,5,8H2,(H,20,21,22)/b15-10+. The van der Waals surface area contributed by atoms with Crippen LogP contribution in [0.4, 0.5) is 0 Å². The van der Waals surface area contributed by atoms with Crippen molar-refractivity contribution in [3.63, 3.8) is 0 Å². The number of nitrogens with one attached hydrogen (secondary N) is 1. The lowest BCUT2D eigenvalue weighted by atomic mass is 10.1. The third-order valence-electron chi connectivity index (χ3n) is 3.30. The van der Waals surface area contributed by atoms with Crippen LogP contribution in [0, 0.1) is 0 Å². The Morgan fingerprint density at radius 3 is 2.68 bits per heavy atom. The van der Waals surface area contributed by atoms with Crippen molar-refractivity contribution in [3.8, 4) is 0 Å². The number of hydrogen-bond acceptors (Lipinski definition) is 3. The Morgan fingerprint density at radius 2 is 1.95 bits per heavy atom. The summed E-state index contributed by atoms with van der Waals surface area (Å²) in [6.45, 7) is 0. The zero-order valence-electron chi connectivity index (χ0n) is 11.8. The van der Waals surface area contributed by atoms with E-state index < -0.39 is 0 Å². The second-order valence-corrected chi connectivity index (χ2v) is 5.39. The Balaban J connectivity index is 1.68. The average molecular weight is 312 g/mol. The minimum Gasteiger partial charge on any atom is -0.309 e. The van der Waals surface area contributed by atoms with E-state index in [-0.39, 0.29) is 5.91 Å². The van der Waals surface area contributed by atoms with Gasteiger partial charge in [0.2, 0.25) is 0 Å². The summed E-state index contributed by atoms with van der Waals surface area (Å²) in [6, 6.07) is 11.4. The molecule has 2 aromatic rings. The molecule has 0 atom stereocenters. The van der Waals surface area contributed by atoms with E-state index >= 15 is 0 Å². The minimum atomic E-state index is -0.171. The second kappa shape index (κ2) is 6.54. The molecule has 0 radical (unpaired) electrons. The molecule has 0 spiro atoms. The van der Waals surface area contributed by atoms with E-state index in [0.29, 0.717) is 18.0 Å². The van der Waals surface area contributed by atoms with Gasteiger partial charge in [-0.25, -0.2) is 4.99 Å². The first-order valence-electron chi connectivity index (χ1n) is 6.96. The highest BCUT2D eigenvalue weighted by Crippen LogP contribution is 2.15. The van der Waals surface area contributed by atoms with E-state index in [4.69, 9.17) is 11.6 Å². The molecule has 2 heterocycles. The van der Waals surface area contributed by atoms with Crippen molar-refractivity contribution in [1.82, 2.24) is 10.3 Å². The van der Waals surface area contributed by atoms with E-state index in [1.165, 1.54) is 0 Å². The van der Waals surface area contributed by atoms with Crippen molar-refractivity contribution in [3.05, 3.63) is 70.6 Å². The van der Waals surface area contributed by atoms with Crippen LogP contribution in [0.2, 0.25) is 5.02 Å². The molecule has 22 heavy (non-hydrogen) atoms. The summed E-state index contributed by atoms with van der Waals surface area (Å²) in [5, 5.41) is 3.52. The molecule has 110 valence electrons. The van der Waals surface area contributed by atoms with Gasteiger partial charge in [-0.1, -0.05) is 29.8 Å². The van der Waals surface area contributed by atoms with Crippen LogP contribution in [0.15, 0.2) is 59.5 Å². The minimum absolute atomic E-state index is 0.171. The van der Waals surface area contributed by atoms with E-state index in [1.54, 1.807) is 18.5 Å². The number of aliphatic imine (C=N–C) groups is 1. The number of pyridine rings is 1. The maximum absolute atomic E-state index is 11.9. The third kappa shape index (κ3) is 3.59. The van der Waals surface area contributed by atoms with Crippen molar-refractivity contribution < 1.29 is 4.79 Å². The number of amides is 1. The first-order valence-corrected chi connectivity index (χ1v) is 7.33. The number of hydrogen-bond donors (Lipinski definition) is 1. The molecule has 4 nitrogen and oxygen atoms in total. The molecule has 0 fully saturated rings. The summed E-state index contributed by atoms with van der Waals surface area (Å²) in [5.74, 6) is 0.519. The molecule has 5 heteroatoms. The largest absolute Gasteiger partial charge is 0.309 e. The van der Waals surface area contributed by atoms with Gasteiger partial charge in [-0.15, -0.1) is 0 Å². The lowest BCUT2D eigenvalue weighted by molar-refractivity contribution is -0.115. The van der Waals surface area contributed by atoms with Gasteiger partial charge in [-0.2, -0.15) is 0 Å². The third-order valence-corrected chi connectivity index (χ3v) is 3.55. The molecule has 0 saturated heterocycles. The van der Waals surface area contributed by atoms with Crippen molar-refractivity contribution in [2.45, 2.75) is 12.8 Å². The van der Waals surface area contributed by atoms with Gasteiger partial charge >= 0.3 is 0 Å². The van der Waals surface area contributed by atoms with Crippen LogP contribution in [-0.4, -0.2) is 16.7 Å². The fourth-order valence-electron chi connectivity index (χ4n) is 2.17. The van der Waals surface area contributed by atoms with Crippen molar-refractivity contribution in [1.29, 1.82) is 0 Å². The SMILES string of the molecule is O=C1NC(CCc2ccc(Cl)cc2)=N/C1=C/c1cccnc1. The fraction of sp³-hybridized carbons (Fsp3) is 0.118. The lowest BCUT2D eigenvalue weighted by Gasteiger charge is -2.01. The maximum atomic E-state index is 11.9. The maximum Gasteiger partial charge on any atom is 0.275 e. The van der Waals surface area contributed by atoms with Crippen LogP contribution < -0.4 is 5.32 Å². The van der Waals surface area contributed by atoms with Crippen LogP contribution in [0.5, 0.6) is 0 Å². The number of rotatable bonds is 4. The average Bonchev–Trinajstić information content (AvgIpc) is 2.88. The predicted molar refractivity (Wildman–Crippen MR) is 87.6 cm³/mol. The molecule has 3 rings (SSSR count). The van der Waals surface area contributed by atoms with Gasteiger partial charge in [0, 0.05) is 23.8 Å². The topological polar surface area (TPSA) is 54.4 Å². The first-order chi connectivity index (χ1) is 10.7. The van der Waals surface area contributed by atoms with E-state index in [1.807, 2.05) is 36.4 Å². The molecule has 1 N–H and O–H groups in total. The molecule has 1 aromatic carbocycles. The molecular weight excluding hydrogens is 298 g/mol. The van der Waals surface area contributed by atoms with Gasteiger partial charge in [0.25, 0.3) is 5.91 Å². The van der Waals surface area contributed by atoms with E-state index in [0.717, 1.165) is 22.6 Å². The number of halogens is 1. The van der Waals surface area contributed by atoms with Gasteiger partial charge in [-0.3, -0.25) is 9.78 Å².